The Morgan fingerprint density at radius 1 is 1.12 bits per heavy atom. The Morgan fingerprint density at radius 3 is 2.61 bits per heavy atom. The Bertz CT molecular complexity index is 1560. The number of hydrogen-bond acceptors (Lipinski definition) is 8. The zero-order valence-corrected chi connectivity index (χ0v) is 22.5. The van der Waals surface area contributed by atoms with E-state index in [0.29, 0.717) is 21.1 Å². The first-order valence-electron chi connectivity index (χ1n) is 12.2. The molecule has 0 unspecified atom stereocenters. The number of nitrogens with zero attached hydrogens (tertiary/aromatic N) is 3. The van der Waals surface area contributed by atoms with Crippen molar-refractivity contribution in [3.63, 3.8) is 0 Å². The number of rotatable bonds is 5. The van der Waals surface area contributed by atoms with Crippen molar-refractivity contribution in [3.05, 3.63) is 93.2 Å². The molecular weight excluding hydrogens is 570 g/mol. The van der Waals surface area contributed by atoms with Crippen molar-refractivity contribution in [3.8, 4) is 5.75 Å². The smallest absolute Gasteiger partial charge is 0.451 e. The minimum Gasteiger partial charge on any atom is -0.451 e. The van der Waals surface area contributed by atoms with Crippen LogP contribution in [0.25, 0.3) is 0 Å². The maximum Gasteiger partial charge on any atom is 0.510 e. The molecule has 0 spiro atoms. The average Bonchev–Trinajstić information content (AvgIpc) is 3.10. The first-order chi connectivity index (χ1) is 19.5. The number of thioether (sulfide) groups is 1. The number of ether oxygens (including phenoxy) is 3. The van der Waals surface area contributed by atoms with Crippen molar-refractivity contribution in [2.45, 2.75) is 35.8 Å². The summed E-state index contributed by atoms with van der Waals surface area (Å²) in [5.41, 5.74) is 0.860. The maximum atomic E-state index is 14.3. The zero-order chi connectivity index (χ0) is 29.5. The third kappa shape index (κ3) is 5.31. The number of carbonyl (C=O) groups excluding carboxylic acids is 2. The summed E-state index contributed by atoms with van der Waals surface area (Å²) in [6, 6.07) is 9.50. The van der Waals surface area contributed by atoms with Gasteiger partial charge in [0.05, 0.1) is 13.2 Å². The van der Waals surface area contributed by atoms with E-state index < -0.39 is 66.5 Å². The van der Waals surface area contributed by atoms with Gasteiger partial charge in [0.1, 0.15) is 18.5 Å². The number of aromatic nitrogens is 1. The quantitative estimate of drug-likeness (QED) is 0.237. The highest BCUT2D eigenvalue weighted by molar-refractivity contribution is 7.98. The number of amides is 1. The van der Waals surface area contributed by atoms with Crippen molar-refractivity contribution >= 4 is 23.8 Å². The molecule has 3 aromatic rings. The molecule has 2 aliphatic heterocycles. The van der Waals surface area contributed by atoms with E-state index in [9.17, 15) is 31.9 Å². The molecule has 0 N–H and O–H groups in total. The van der Waals surface area contributed by atoms with Gasteiger partial charge in [0.2, 0.25) is 18.0 Å². The lowest BCUT2D eigenvalue weighted by atomic mass is 9.94. The molecule has 1 aromatic heterocycles. The molecule has 1 amide bonds. The van der Waals surface area contributed by atoms with E-state index in [1.54, 1.807) is 12.1 Å². The van der Waals surface area contributed by atoms with Crippen LogP contribution in [0.2, 0.25) is 0 Å². The number of carbonyl (C=O) groups is 2. The number of halogens is 4. The highest BCUT2D eigenvalue weighted by Gasteiger charge is 2.48. The zero-order valence-electron chi connectivity index (χ0n) is 21.7. The van der Waals surface area contributed by atoms with E-state index in [4.69, 9.17) is 4.74 Å². The largest absolute Gasteiger partial charge is 0.510 e. The van der Waals surface area contributed by atoms with Crippen molar-refractivity contribution in [2.75, 3.05) is 25.6 Å². The van der Waals surface area contributed by atoms with Crippen LogP contribution in [0.5, 0.6) is 5.75 Å². The Kier molecular flexibility index (Phi) is 7.60. The number of alkyl halides is 3. The number of pyridine rings is 1. The fraction of sp³-hybridized carbons (Fsp3) is 0.296. The van der Waals surface area contributed by atoms with Gasteiger partial charge in [-0.15, -0.1) is 11.8 Å². The average molecular weight is 594 g/mol. The highest BCUT2D eigenvalue weighted by atomic mass is 32.2. The molecule has 0 saturated carbocycles. The third-order valence-corrected chi connectivity index (χ3v) is 7.98. The topological polar surface area (TPSA) is 90.3 Å². The predicted molar refractivity (Wildman–Crippen MR) is 139 cm³/mol. The highest BCUT2D eigenvalue weighted by Crippen LogP contribution is 2.43. The van der Waals surface area contributed by atoms with Crippen LogP contribution in [0.3, 0.4) is 0 Å². The molecule has 0 fully saturated rings. The minimum atomic E-state index is -4.80. The van der Waals surface area contributed by atoms with Gasteiger partial charge in [0, 0.05) is 22.9 Å². The van der Waals surface area contributed by atoms with Crippen LogP contribution >= 0.6 is 11.8 Å². The van der Waals surface area contributed by atoms with Crippen LogP contribution in [0.15, 0.2) is 64.4 Å². The van der Waals surface area contributed by atoms with Crippen LogP contribution < -0.4 is 15.2 Å². The summed E-state index contributed by atoms with van der Waals surface area (Å²) < 4.78 is 72.0. The SMILES string of the molecule is COC(=O)OCOc1c2n(ccc1=O)N([C@H]1c3ccccc3CSc3cc(F)ccc31)CN([C@H](C)C(F)(F)F)C2=O. The van der Waals surface area contributed by atoms with Crippen LogP contribution in [-0.2, 0) is 15.2 Å². The lowest BCUT2D eigenvalue weighted by Gasteiger charge is -2.46. The van der Waals surface area contributed by atoms with Gasteiger partial charge in [-0.2, -0.15) is 13.2 Å². The summed E-state index contributed by atoms with van der Waals surface area (Å²) in [5.74, 6) is -1.74. The monoisotopic (exact) mass is 593 g/mol. The lowest BCUT2D eigenvalue weighted by Crippen LogP contribution is -2.60. The molecule has 5 rings (SSSR count). The molecule has 0 radical (unpaired) electrons. The molecule has 2 aliphatic rings. The number of methoxy groups -OCH3 is 1. The molecule has 2 aromatic carbocycles. The van der Waals surface area contributed by atoms with Crippen molar-refractivity contribution < 1.29 is 41.4 Å². The summed E-state index contributed by atoms with van der Waals surface area (Å²) in [6.45, 7) is -0.534. The summed E-state index contributed by atoms with van der Waals surface area (Å²) in [4.78, 5) is 39.1. The van der Waals surface area contributed by atoms with Gasteiger partial charge in [0.15, 0.2) is 5.69 Å². The van der Waals surface area contributed by atoms with E-state index in [1.165, 1.54) is 39.8 Å². The Labute approximate surface area is 235 Å². The van der Waals surface area contributed by atoms with Gasteiger partial charge in [-0.1, -0.05) is 30.3 Å². The van der Waals surface area contributed by atoms with Gasteiger partial charge in [-0.05, 0) is 35.7 Å². The van der Waals surface area contributed by atoms with Crippen molar-refractivity contribution in [1.29, 1.82) is 0 Å². The maximum absolute atomic E-state index is 14.3. The molecule has 9 nitrogen and oxygen atoms in total. The van der Waals surface area contributed by atoms with Gasteiger partial charge in [0.25, 0.3) is 5.91 Å². The fourth-order valence-corrected chi connectivity index (χ4v) is 5.91. The van der Waals surface area contributed by atoms with Gasteiger partial charge < -0.3 is 19.1 Å². The van der Waals surface area contributed by atoms with Gasteiger partial charge in [-0.25, -0.2) is 9.18 Å². The lowest BCUT2D eigenvalue weighted by molar-refractivity contribution is -0.173. The third-order valence-electron chi connectivity index (χ3n) is 6.86. The molecule has 41 heavy (non-hydrogen) atoms. The number of hydrogen-bond donors (Lipinski definition) is 0. The standard InChI is InChI=1S/C27H23F4N3O6S/c1-15(27(29,30)31)32-13-34(33-10-9-20(35)24(23(33)25(32)36)39-14-40-26(37)38-2)22-18-6-4-3-5-16(18)12-41-21-11-17(28)7-8-19(21)22/h3-11,15,22H,12-14H2,1-2H3/t15-,22+/m1/s1. The number of benzene rings is 2. The van der Waals surface area contributed by atoms with E-state index in [1.807, 2.05) is 18.2 Å². The Morgan fingerprint density at radius 2 is 1.88 bits per heavy atom. The van der Waals surface area contributed by atoms with Crippen LogP contribution in [0.4, 0.5) is 22.4 Å². The molecule has 14 heteroatoms. The number of fused-ring (bicyclic) bond motifs is 3. The second kappa shape index (κ2) is 11.0. The Balaban J connectivity index is 1.73. The molecule has 0 saturated heterocycles. The molecule has 3 heterocycles. The summed E-state index contributed by atoms with van der Waals surface area (Å²) in [5, 5.41) is 1.49. The molecule has 2 atom stereocenters. The van der Waals surface area contributed by atoms with Crippen LogP contribution in [0.1, 0.15) is 40.1 Å². The second-order valence-corrected chi connectivity index (χ2v) is 10.2. The van der Waals surface area contributed by atoms with E-state index in [-0.39, 0.29) is 0 Å². The first-order valence-corrected chi connectivity index (χ1v) is 13.2. The summed E-state index contributed by atoms with van der Waals surface area (Å²) >= 11 is 1.38. The predicted octanol–water partition coefficient (Wildman–Crippen LogP) is 4.80. The molecule has 0 bridgehead atoms. The normalized spacial score (nSPS) is 17.1. The molecular formula is C27H23F4N3O6S. The second-order valence-electron chi connectivity index (χ2n) is 9.21. The summed E-state index contributed by atoms with van der Waals surface area (Å²) in [7, 11) is 1.05. The molecule has 216 valence electrons. The minimum absolute atomic E-state index is 0.467. The first kappa shape index (κ1) is 28.3. The van der Waals surface area contributed by atoms with E-state index in [2.05, 4.69) is 9.47 Å². The Hall–Kier alpha value is -4.20. The molecule has 0 aliphatic carbocycles. The van der Waals surface area contributed by atoms with Crippen LogP contribution in [-0.4, -0.2) is 54.4 Å². The van der Waals surface area contributed by atoms with Crippen molar-refractivity contribution in [2.24, 2.45) is 0 Å². The van der Waals surface area contributed by atoms with E-state index >= 15 is 0 Å². The fourth-order valence-electron chi connectivity index (χ4n) is 4.79. The van der Waals surface area contributed by atoms with Gasteiger partial charge in [-0.3, -0.25) is 19.3 Å². The van der Waals surface area contributed by atoms with Crippen molar-refractivity contribution in [1.82, 2.24) is 9.58 Å². The van der Waals surface area contributed by atoms with Gasteiger partial charge >= 0.3 is 12.3 Å². The summed E-state index contributed by atoms with van der Waals surface area (Å²) in [6.07, 6.45) is -4.67. The van der Waals surface area contributed by atoms with Crippen LogP contribution in [0, 0.1) is 5.82 Å². The van der Waals surface area contributed by atoms with E-state index in [0.717, 1.165) is 31.2 Å².